The Morgan fingerprint density at radius 1 is 0.917 bits per heavy atom. The molecule has 4 rings (SSSR count). The lowest BCUT2D eigenvalue weighted by molar-refractivity contribution is 0.433. The van der Waals surface area contributed by atoms with Gasteiger partial charge in [0.05, 0.1) is 17.4 Å². The van der Waals surface area contributed by atoms with Gasteiger partial charge in [-0.15, -0.1) is 0 Å². The Balaban J connectivity index is 1.75. The van der Waals surface area contributed by atoms with Crippen LogP contribution in [0.15, 0.2) is 66.9 Å². The molecule has 0 saturated heterocycles. The minimum absolute atomic E-state index is 0.375. The van der Waals surface area contributed by atoms with Gasteiger partial charge in [0.15, 0.2) is 11.6 Å². The second-order valence-corrected chi connectivity index (χ2v) is 5.83. The molecule has 3 aromatic carbocycles. The molecule has 4 heteroatoms. The topological polar surface area (TPSA) is 38.0 Å². The number of hydrogen-bond donors (Lipinski definition) is 1. The summed E-state index contributed by atoms with van der Waals surface area (Å²) in [6, 6.07) is 19.0. The molecule has 0 radical (unpaired) electrons. The van der Waals surface area contributed by atoms with E-state index in [0.29, 0.717) is 10.9 Å². The number of benzene rings is 3. The Morgan fingerprint density at radius 3 is 2.21 bits per heavy atom. The maximum absolute atomic E-state index is 13.4. The third-order valence-corrected chi connectivity index (χ3v) is 4.13. The van der Waals surface area contributed by atoms with Crippen LogP contribution in [0.2, 0.25) is 0 Å². The van der Waals surface area contributed by atoms with E-state index in [4.69, 9.17) is 0 Å². The van der Waals surface area contributed by atoms with Crippen LogP contribution in [0.25, 0.3) is 27.7 Å². The molecule has 118 valence electrons. The van der Waals surface area contributed by atoms with Crippen LogP contribution in [-0.4, -0.2) is 14.9 Å². The Morgan fingerprint density at radius 2 is 1.54 bits per heavy atom. The van der Waals surface area contributed by atoms with Crippen molar-refractivity contribution in [2.45, 2.75) is 6.92 Å². The molecule has 0 saturated carbocycles. The summed E-state index contributed by atoms with van der Waals surface area (Å²) in [6.07, 6.45) is 1.59. The molecule has 0 aliphatic heterocycles. The zero-order chi connectivity index (χ0) is 16.7. The summed E-state index contributed by atoms with van der Waals surface area (Å²) in [4.78, 5) is 0. The van der Waals surface area contributed by atoms with Crippen LogP contribution in [0.3, 0.4) is 0 Å². The predicted molar refractivity (Wildman–Crippen MR) is 92.9 cm³/mol. The first kappa shape index (κ1) is 14.5. The molecule has 0 amide bonds. The molecule has 1 N–H and O–H groups in total. The highest BCUT2D eigenvalue weighted by Gasteiger charge is 2.10. The van der Waals surface area contributed by atoms with Crippen LogP contribution in [0.1, 0.15) is 5.56 Å². The van der Waals surface area contributed by atoms with Crippen LogP contribution in [0.4, 0.5) is 4.39 Å². The summed E-state index contributed by atoms with van der Waals surface area (Å²) < 4.78 is 15.1. The standard InChI is InChI=1S/C20H15FN2O/c1-13-2-4-14(5-3-13)15-6-8-17(9-7-15)23-19-11-20(24)18(21)10-16(19)12-22-23/h2-12,24H,1H3. The number of nitrogens with zero attached hydrogens (tertiary/aromatic N) is 2. The molecule has 0 unspecified atom stereocenters. The second-order valence-electron chi connectivity index (χ2n) is 5.83. The van der Waals surface area contributed by atoms with Crippen molar-refractivity contribution >= 4 is 10.9 Å². The van der Waals surface area contributed by atoms with Crippen molar-refractivity contribution in [2.75, 3.05) is 0 Å². The summed E-state index contributed by atoms with van der Waals surface area (Å²) in [5, 5.41) is 14.6. The summed E-state index contributed by atoms with van der Waals surface area (Å²) >= 11 is 0. The van der Waals surface area contributed by atoms with Gasteiger partial charge in [0, 0.05) is 11.5 Å². The van der Waals surface area contributed by atoms with Gasteiger partial charge in [-0.1, -0.05) is 42.0 Å². The van der Waals surface area contributed by atoms with Crippen molar-refractivity contribution in [3.63, 3.8) is 0 Å². The molecule has 3 nitrogen and oxygen atoms in total. The van der Waals surface area contributed by atoms with Gasteiger partial charge in [-0.25, -0.2) is 9.07 Å². The third kappa shape index (κ3) is 2.42. The number of aromatic hydroxyl groups is 1. The Bertz CT molecular complexity index is 1020. The van der Waals surface area contributed by atoms with Crippen molar-refractivity contribution in [3.8, 4) is 22.6 Å². The number of aryl methyl sites for hydroxylation is 1. The molecule has 0 bridgehead atoms. The molecule has 0 atom stereocenters. The number of hydrogen-bond acceptors (Lipinski definition) is 2. The molecule has 24 heavy (non-hydrogen) atoms. The third-order valence-electron chi connectivity index (χ3n) is 4.13. The smallest absolute Gasteiger partial charge is 0.165 e. The van der Waals surface area contributed by atoms with Gasteiger partial charge in [-0.3, -0.25) is 0 Å². The average molecular weight is 318 g/mol. The van der Waals surface area contributed by atoms with E-state index in [1.165, 1.54) is 17.7 Å². The fourth-order valence-corrected chi connectivity index (χ4v) is 2.78. The van der Waals surface area contributed by atoms with Crippen molar-refractivity contribution in [1.82, 2.24) is 9.78 Å². The molecule has 1 heterocycles. The van der Waals surface area contributed by atoms with Gasteiger partial charge < -0.3 is 5.11 Å². The van der Waals surface area contributed by atoms with Crippen LogP contribution >= 0.6 is 0 Å². The maximum atomic E-state index is 13.4. The monoisotopic (exact) mass is 318 g/mol. The summed E-state index contributed by atoms with van der Waals surface area (Å²) in [6.45, 7) is 2.06. The van der Waals surface area contributed by atoms with Crippen molar-refractivity contribution in [1.29, 1.82) is 0 Å². The fraction of sp³-hybridized carbons (Fsp3) is 0.0500. The van der Waals surface area contributed by atoms with Gasteiger partial charge in [0.2, 0.25) is 0 Å². The summed E-state index contributed by atoms with van der Waals surface area (Å²) in [5.41, 5.74) is 5.01. The van der Waals surface area contributed by atoms with Gasteiger partial charge in [0.25, 0.3) is 0 Å². The lowest BCUT2D eigenvalue weighted by Gasteiger charge is -2.07. The van der Waals surface area contributed by atoms with Gasteiger partial charge in [0.1, 0.15) is 0 Å². The van der Waals surface area contributed by atoms with Crippen LogP contribution < -0.4 is 0 Å². The van der Waals surface area contributed by atoms with Crippen molar-refractivity contribution in [3.05, 3.63) is 78.2 Å². The van der Waals surface area contributed by atoms with E-state index in [1.54, 1.807) is 10.9 Å². The van der Waals surface area contributed by atoms with Crippen LogP contribution in [0.5, 0.6) is 5.75 Å². The lowest BCUT2D eigenvalue weighted by atomic mass is 10.0. The van der Waals surface area contributed by atoms with Crippen LogP contribution in [0, 0.1) is 12.7 Å². The largest absolute Gasteiger partial charge is 0.505 e. The minimum Gasteiger partial charge on any atom is -0.505 e. The normalized spacial score (nSPS) is 11.1. The minimum atomic E-state index is -0.642. The van der Waals surface area contributed by atoms with E-state index in [0.717, 1.165) is 16.8 Å². The summed E-state index contributed by atoms with van der Waals surface area (Å²) in [5.74, 6) is -1.02. The summed E-state index contributed by atoms with van der Waals surface area (Å²) in [7, 11) is 0. The molecular weight excluding hydrogens is 303 g/mol. The van der Waals surface area contributed by atoms with E-state index >= 15 is 0 Å². The fourth-order valence-electron chi connectivity index (χ4n) is 2.78. The first-order valence-electron chi connectivity index (χ1n) is 7.65. The lowest BCUT2D eigenvalue weighted by Crippen LogP contribution is -1.95. The molecular formula is C20H15FN2O. The number of aromatic nitrogens is 2. The molecule has 0 aliphatic carbocycles. The first-order chi connectivity index (χ1) is 11.6. The van der Waals surface area contributed by atoms with Gasteiger partial charge in [-0.05, 0) is 36.2 Å². The van der Waals surface area contributed by atoms with Crippen LogP contribution in [-0.2, 0) is 0 Å². The first-order valence-corrected chi connectivity index (χ1v) is 7.65. The molecule has 0 spiro atoms. The molecule has 0 fully saturated rings. The van der Waals surface area contributed by atoms with E-state index in [9.17, 15) is 9.50 Å². The van der Waals surface area contributed by atoms with E-state index in [2.05, 4.69) is 36.3 Å². The Hall–Kier alpha value is -3.14. The van der Waals surface area contributed by atoms with Crippen molar-refractivity contribution in [2.24, 2.45) is 0 Å². The predicted octanol–water partition coefficient (Wildman–Crippen LogP) is 4.85. The number of halogens is 1. The van der Waals surface area contributed by atoms with Gasteiger partial charge >= 0.3 is 0 Å². The average Bonchev–Trinajstić information content (AvgIpc) is 2.99. The molecule has 1 aromatic heterocycles. The number of fused-ring (bicyclic) bond motifs is 1. The number of phenols is 1. The quantitative estimate of drug-likeness (QED) is 0.574. The second kappa shape index (κ2) is 5.49. The van der Waals surface area contributed by atoms with E-state index < -0.39 is 5.82 Å². The highest BCUT2D eigenvalue weighted by atomic mass is 19.1. The van der Waals surface area contributed by atoms with E-state index in [-0.39, 0.29) is 5.75 Å². The SMILES string of the molecule is Cc1ccc(-c2ccc(-n3ncc4cc(F)c(O)cc43)cc2)cc1. The van der Waals surface area contributed by atoms with Crippen molar-refractivity contribution < 1.29 is 9.50 Å². The Kier molecular flexibility index (Phi) is 3.31. The number of phenolic OH excluding ortho intramolecular Hbond substituents is 1. The zero-order valence-corrected chi connectivity index (χ0v) is 13.1. The molecule has 4 aromatic rings. The zero-order valence-electron chi connectivity index (χ0n) is 13.1. The van der Waals surface area contributed by atoms with Gasteiger partial charge in [-0.2, -0.15) is 5.10 Å². The number of rotatable bonds is 2. The highest BCUT2D eigenvalue weighted by molar-refractivity contribution is 5.82. The molecule has 0 aliphatic rings. The van der Waals surface area contributed by atoms with E-state index in [1.807, 2.05) is 24.3 Å². The highest BCUT2D eigenvalue weighted by Crippen LogP contribution is 2.27. The Labute approximate surface area is 138 Å². The maximum Gasteiger partial charge on any atom is 0.165 e.